The van der Waals surface area contributed by atoms with E-state index < -0.39 is 0 Å². The van der Waals surface area contributed by atoms with E-state index in [2.05, 4.69) is 15.8 Å². The van der Waals surface area contributed by atoms with Gasteiger partial charge in [0.25, 0.3) is 0 Å². The summed E-state index contributed by atoms with van der Waals surface area (Å²) < 4.78 is 10.6. The zero-order valence-electron chi connectivity index (χ0n) is 13.5. The summed E-state index contributed by atoms with van der Waals surface area (Å²) in [7, 11) is 3.23. The molecule has 3 rings (SSSR count). The van der Waals surface area contributed by atoms with Crippen molar-refractivity contribution in [2.45, 2.75) is 31.7 Å². The van der Waals surface area contributed by atoms with Crippen LogP contribution >= 0.6 is 12.2 Å². The first-order valence-electron chi connectivity index (χ1n) is 8.01. The molecule has 2 saturated carbocycles. The molecule has 1 aromatic rings. The fourth-order valence-electron chi connectivity index (χ4n) is 3.80. The van der Waals surface area contributed by atoms with Crippen LogP contribution in [0.2, 0.25) is 0 Å². The van der Waals surface area contributed by atoms with Crippen LogP contribution in [-0.4, -0.2) is 31.6 Å². The molecule has 0 amide bonds. The van der Waals surface area contributed by atoms with Gasteiger partial charge in [0.15, 0.2) is 16.6 Å². The SMILES string of the molecule is COc1cccc(/C=N\NC(=S)N[C@@H]2C[C@H]3CC[C@H]2C3)c1OC. The number of hydrogen-bond acceptors (Lipinski definition) is 4. The van der Waals surface area contributed by atoms with Gasteiger partial charge in [-0.3, -0.25) is 5.43 Å². The average molecular weight is 333 g/mol. The van der Waals surface area contributed by atoms with Gasteiger partial charge in [-0.2, -0.15) is 5.10 Å². The van der Waals surface area contributed by atoms with E-state index >= 15 is 0 Å². The number of thiocarbonyl (C=S) groups is 1. The minimum atomic E-state index is 0.510. The first-order chi connectivity index (χ1) is 11.2. The number of nitrogens with zero attached hydrogens (tertiary/aromatic N) is 1. The van der Waals surface area contributed by atoms with Crippen molar-refractivity contribution in [2.24, 2.45) is 16.9 Å². The smallest absolute Gasteiger partial charge is 0.187 e. The maximum absolute atomic E-state index is 5.37. The van der Waals surface area contributed by atoms with E-state index in [0.29, 0.717) is 22.7 Å². The predicted octanol–water partition coefficient (Wildman–Crippen LogP) is 2.69. The van der Waals surface area contributed by atoms with Gasteiger partial charge in [-0.25, -0.2) is 0 Å². The summed E-state index contributed by atoms with van der Waals surface area (Å²) in [5.74, 6) is 3.01. The Morgan fingerprint density at radius 2 is 2.13 bits per heavy atom. The fraction of sp³-hybridized carbons (Fsp3) is 0.529. The van der Waals surface area contributed by atoms with E-state index in [0.717, 1.165) is 17.4 Å². The standard InChI is InChI=1S/C17H23N3O2S/c1-21-15-5-3-4-13(16(15)22-2)10-18-20-17(23)19-14-9-11-6-7-12(14)8-11/h3-5,10-12,14H,6-9H2,1-2H3,(H2,19,20,23)/b18-10-/t11-,12-,14+/m0/s1. The van der Waals surface area contributed by atoms with Crippen LogP contribution < -0.4 is 20.2 Å². The monoisotopic (exact) mass is 333 g/mol. The van der Waals surface area contributed by atoms with Gasteiger partial charge in [-0.1, -0.05) is 12.5 Å². The van der Waals surface area contributed by atoms with Crippen molar-refractivity contribution in [1.29, 1.82) is 0 Å². The minimum Gasteiger partial charge on any atom is -0.493 e. The molecule has 2 fully saturated rings. The summed E-state index contributed by atoms with van der Waals surface area (Å²) in [6.07, 6.45) is 6.99. The molecule has 2 aliphatic carbocycles. The molecule has 124 valence electrons. The van der Waals surface area contributed by atoms with Crippen molar-refractivity contribution in [3.63, 3.8) is 0 Å². The maximum Gasteiger partial charge on any atom is 0.187 e. The van der Waals surface area contributed by atoms with Gasteiger partial charge >= 0.3 is 0 Å². The van der Waals surface area contributed by atoms with Gasteiger partial charge in [0, 0.05) is 11.6 Å². The van der Waals surface area contributed by atoms with Crippen molar-refractivity contribution < 1.29 is 9.47 Å². The molecule has 0 saturated heterocycles. The van der Waals surface area contributed by atoms with Crippen LogP contribution in [0.1, 0.15) is 31.2 Å². The molecule has 0 aliphatic heterocycles. The van der Waals surface area contributed by atoms with E-state index in [9.17, 15) is 0 Å². The van der Waals surface area contributed by atoms with Gasteiger partial charge < -0.3 is 14.8 Å². The second kappa shape index (κ2) is 7.17. The Kier molecular flexibility index (Phi) is 5.00. The molecule has 2 bridgehead atoms. The Morgan fingerprint density at radius 3 is 2.78 bits per heavy atom. The number of nitrogens with one attached hydrogen (secondary N) is 2. The molecular formula is C17H23N3O2S. The topological polar surface area (TPSA) is 54.9 Å². The van der Waals surface area contributed by atoms with Crippen LogP contribution in [0.4, 0.5) is 0 Å². The number of rotatable bonds is 5. The molecule has 5 nitrogen and oxygen atoms in total. The summed E-state index contributed by atoms with van der Waals surface area (Å²) in [6, 6.07) is 6.17. The largest absolute Gasteiger partial charge is 0.493 e. The second-order valence-electron chi connectivity index (χ2n) is 6.21. The zero-order valence-corrected chi connectivity index (χ0v) is 14.4. The first-order valence-corrected chi connectivity index (χ1v) is 8.42. The third kappa shape index (κ3) is 3.58. The number of hydrogen-bond donors (Lipinski definition) is 2. The van der Waals surface area contributed by atoms with Gasteiger partial charge in [0.05, 0.1) is 20.4 Å². The number of fused-ring (bicyclic) bond motifs is 2. The fourth-order valence-corrected chi connectivity index (χ4v) is 4.00. The first kappa shape index (κ1) is 16.1. The highest BCUT2D eigenvalue weighted by Crippen LogP contribution is 2.44. The lowest BCUT2D eigenvalue weighted by Crippen LogP contribution is -2.42. The molecule has 2 N–H and O–H groups in total. The van der Waals surface area contributed by atoms with E-state index in [1.807, 2.05) is 18.2 Å². The molecular weight excluding hydrogens is 310 g/mol. The normalized spacial score (nSPS) is 25.6. The third-order valence-corrected chi connectivity index (χ3v) is 5.07. The zero-order chi connectivity index (χ0) is 16.2. The van der Waals surface area contributed by atoms with E-state index in [1.165, 1.54) is 25.7 Å². The summed E-state index contributed by atoms with van der Waals surface area (Å²) >= 11 is 5.34. The van der Waals surface area contributed by atoms with Crippen LogP contribution in [0.15, 0.2) is 23.3 Å². The highest BCUT2D eigenvalue weighted by molar-refractivity contribution is 7.80. The highest BCUT2D eigenvalue weighted by Gasteiger charge is 2.39. The van der Waals surface area contributed by atoms with Crippen molar-refractivity contribution in [3.05, 3.63) is 23.8 Å². The predicted molar refractivity (Wildman–Crippen MR) is 95.2 cm³/mol. The van der Waals surface area contributed by atoms with E-state index in [-0.39, 0.29) is 0 Å². The number of methoxy groups -OCH3 is 2. The number of hydrazone groups is 1. The van der Waals surface area contributed by atoms with Crippen LogP contribution in [0.5, 0.6) is 11.5 Å². The highest BCUT2D eigenvalue weighted by atomic mass is 32.1. The third-order valence-electron chi connectivity index (χ3n) is 4.86. The van der Waals surface area contributed by atoms with Crippen molar-refractivity contribution in [3.8, 4) is 11.5 Å². The summed E-state index contributed by atoms with van der Waals surface area (Å²) in [6.45, 7) is 0. The molecule has 1 aromatic carbocycles. The Hall–Kier alpha value is -1.82. The van der Waals surface area contributed by atoms with Crippen LogP contribution in [0.3, 0.4) is 0 Å². The summed E-state index contributed by atoms with van der Waals surface area (Å²) in [4.78, 5) is 0. The quantitative estimate of drug-likeness (QED) is 0.493. The van der Waals surface area contributed by atoms with Crippen LogP contribution in [-0.2, 0) is 0 Å². The molecule has 0 unspecified atom stereocenters. The van der Waals surface area contributed by atoms with Gasteiger partial charge in [0.2, 0.25) is 0 Å². The second-order valence-corrected chi connectivity index (χ2v) is 6.62. The van der Waals surface area contributed by atoms with Gasteiger partial charge in [0.1, 0.15) is 0 Å². The molecule has 0 aromatic heterocycles. The van der Waals surface area contributed by atoms with Crippen molar-refractivity contribution >= 4 is 23.5 Å². The van der Waals surface area contributed by atoms with Crippen molar-refractivity contribution in [2.75, 3.05) is 14.2 Å². The lowest BCUT2D eigenvalue weighted by atomic mass is 9.96. The van der Waals surface area contributed by atoms with Gasteiger partial charge in [-0.15, -0.1) is 0 Å². The molecule has 0 spiro atoms. The summed E-state index contributed by atoms with van der Waals surface area (Å²) in [5, 5.41) is 8.20. The van der Waals surface area contributed by atoms with E-state index in [1.54, 1.807) is 20.4 Å². The number of ether oxygens (including phenoxy) is 2. The molecule has 3 atom stereocenters. The minimum absolute atomic E-state index is 0.510. The van der Waals surface area contributed by atoms with Crippen molar-refractivity contribution in [1.82, 2.24) is 10.7 Å². The molecule has 0 radical (unpaired) electrons. The Labute approximate surface area is 142 Å². The maximum atomic E-state index is 5.37. The van der Waals surface area contributed by atoms with Crippen LogP contribution in [0.25, 0.3) is 0 Å². The summed E-state index contributed by atoms with van der Waals surface area (Å²) in [5.41, 5.74) is 3.73. The molecule has 6 heteroatoms. The lowest BCUT2D eigenvalue weighted by Gasteiger charge is -2.23. The molecule has 2 aliphatic rings. The van der Waals surface area contributed by atoms with Gasteiger partial charge in [-0.05, 0) is 55.4 Å². The lowest BCUT2D eigenvalue weighted by molar-refractivity contribution is 0.354. The number of para-hydroxylation sites is 1. The number of benzene rings is 1. The Morgan fingerprint density at radius 1 is 1.26 bits per heavy atom. The molecule has 23 heavy (non-hydrogen) atoms. The molecule has 0 heterocycles. The van der Waals surface area contributed by atoms with Crippen LogP contribution in [0, 0.1) is 11.8 Å². The average Bonchev–Trinajstić information content (AvgIpc) is 3.17. The Balaban J connectivity index is 1.55. The Bertz CT molecular complexity index is 606. The van der Waals surface area contributed by atoms with E-state index in [4.69, 9.17) is 21.7 Å².